The largest absolute Gasteiger partial charge is 0.384 e. The van der Waals surface area contributed by atoms with Gasteiger partial charge >= 0.3 is 0 Å². The number of nitrogens with two attached hydrogens (primary N) is 1. The highest BCUT2D eigenvalue weighted by atomic mass is 31.0. The molecule has 0 spiro atoms. The summed E-state index contributed by atoms with van der Waals surface area (Å²) in [6, 6.07) is 9.65. The molecular weight excluding hydrogens is 600 g/mol. The summed E-state index contributed by atoms with van der Waals surface area (Å²) in [6.45, 7) is -1.07. The summed E-state index contributed by atoms with van der Waals surface area (Å²) >= 11 is 0. The van der Waals surface area contributed by atoms with Gasteiger partial charge in [-0.1, -0.05) is 12.1 Å². The maximum absolute atomic E-state index is 14.9. The Balaban J connectivity index is 1.54. The predicted octanol–water partition coefficient (Wildman–Crippen LogP) is 5.58. The Morgan fingerprint density at radius 3 is 2.47 bits per heavy atom. The molecule has 43 heavy (non-hydrogen) atoms. The zero-order chi connectivity index (χ0) is 31.1. The fourth-order valence-electron chi connectivity index (χ4n) is 5.16. The number of fused-ring (bicyclic) bond motifs is 1. The van der Waals surface area contributed by atoms with Gasteiger partial charge in [-0.05, 0) is 47.6 Å². The molecule has 15 heteroatoms. The second-order valence-corrected chi connectivity index (χ2v) is 10.8. The van der Waals surface area contributed by atoms with Crippen LogP contribution >= 0.6 is 9.24 Å². The number of anilines is 1. The number of rotatable bonds is 8. The summed E-state index contributed by atoms with van der Waals surface area (Å²) in [5.74, 6) is -9.22. The van der Waals surface area contributed by atoms with Gasteiger partial charge in [0.2, 0.25) is 5.91 Å². The van der Waals surface area contributed by atoms with Gasteiger partial charge in [-0.25, -0.2) is 26.9 Å². The number of nitrogen functional groups attached to an aromatic ring is 1. The van der Waals surface area contributed by atoms with Crippen molar-refractivity contribution in [1.82, 2.24) is 25.1 Å². The van der Waals surface area contributed by atoms with Crippen LogP contribution in [0.3, 0.4) is 0 Å². The zero-order valence-electron chi connectivity index (χ0n) is 22.2. The summed E-state index contributed by atoms with van der Waals surface area (Å²) in [7, 11) is 2.36. The Morgan fingerprint density at radius 1 is 1.05 bits per heavy atom. The fraction of sp³-hybridized carbons (Fsp3) is 0.286. The molecule has 226 valence electrons. The second kappa shape index (κ2) is 11.6. The van der Waals surface area contributed by atoms with Gasteiger partial charge in [-0.2, -0.15) is 13.9 Å². The van der Waals surface area contributed by atoms with E-state index in [-0.39, 0.29) is 22.6 Å². The number of alkyl halides is 6. The Kier molecular flexibility index (Phi) is 8.17. The van der Waals surface area contributed by atoms with Crippen LogP contribution in [0.5, 0.6) is 0 Å². The van der Waals surface area contributed by atoms with Gasteiger partial charge in [0, 0.05) is 36.4 Å². The molecular formula is C28H24F7N6OP. The molecule has 4 aromatic rings. The molecule has 0 bridgehead atoms. The van der Waals surface area contributed by atoms with Crippen LogP contribution in [0, 0.1) is 5.82 Å². The molecule has 5 rings (SSSR count). The van der Waals surface area contributed by atoms with Gasteiger partial charge in [0.1, 0.15) is 29.6 Å². The maximum Gasteiger partial charge on any atom is 0.290 e. The average molecular weight is 625 g/mol. The highest BCUT2D eigenvalue weighted by Gasteiger charge is 2.55. The zero-order valence-corrected chi connectivity index (χ0v) is 23.3. The van der Waals surface area contributed by atoms with E-state index in [1.807, 2.05) is 0 Å². The Hall–Kier alpha value is -4.06. The van der Waals surface area contributed by atoms with E-state index >= 15 is 0 Å². The first-order valence-corrected chi connectivity index (χ1v) is 13.5. The Morgan fingerprint density at radius 2 is 1.79 bits per heavy atom. The quantitative estimate of drug-likeness (QED) is 0.197. The summed E-state index contributed by atoms with van der Waals surface area (Å²) in [6.07, 6.45) is -3.36. The van der Waals surface area contributed by atoms with E-state index in [1.54, 1.807) is 30.3 Å². The third-order valence-electron chi connectivity index (χ3n) is 6.97. The highest BCUT2D eigenvalue weighted by Crippen LogP contribution is 2.52. The second-order valence-electron chi connectivity index (χ2n) is 10.1. The van der Waals surface area contributed by atoms with Crippen LogP contribution in [-0.4, -0.2) is 25.7 Å². The lowest BCUT2D eigenvalue weighted by Crippen LogP contribution is -2.37. The molecule has 1 aliphatic carbocycles. The maximum atomic E-state index is 14.9. The van der Waals surface area contributed by atoms with Crippen LogP contribution in [0.2, 0.25) is 0 Å². The smallest absolute Gasteiger partial charge is 0.290 e. The number of pyridine rings is 2. The molecule has 0 aliphatic heterocycles. The van der Waals surface area contributed by atoms with E-state index in [2.05, 4.69) is 29.6 Å². The number of carbonyl (C=O) groups is 1. The van der Waals surface area contributed by atoms with E-state index in [9.17, 15) is 35.5 Å². The number of nitrogens with zero attached hydrogens (tertiary/aromatic N) is 4. The molecule has 7 nitrogen and oxygen atoms in total. The molecule has 3 aromatic heterocycles. The molecule has 3 N–H and O–H groups in total. The first-order valence-electron chi connectivity index (χ1n) is 12.9. The molecule has 1 aliphatic rings. The molecule has 0 saturated carbocycles. The lowest BCUT2D eigenvalue weighted by atomic mass is 9.89. The van der Waals surface area contributed by atoms with E-state index in [1.165, 1.54) is 24.5 Å². The molecule has 0 fully saturated rings. The fourth-order valence-corrected chi connectivity index (χ4v) is 5.54. The van der Waals surface area contributed by atoms with E-state index in [0.717, 1.165) is 0 Å². The minimum atomic E-state index is -3.98. The number of hydrogen-bond donors (Lipinski definition) is 2. The van der Waals surface area contributed by atoms with Crippen LogP contribution in [-0.2, 0) is 29.6 Å². The van der Waals surface area contributed by atoms with E-state index < -0.39 is 72.4 Å². The van der Waals surface area contributed by atoms with E-state index in [4.69, 9.17) is 5.73 Å². The van der Waals surface area contributed by atoms with Crippen LogP contribution < -0.4 is 16.4 Å². The first kappa shape index (κ1) is 30.4. The van der Waals surface area contributed by atoms with Crippen molar-refractivity contribution in [3.63, 3.8) is 0 Å². The standard InChI is InChI=1S/C28H24F7N6OP/c29-16-8-14(9-17(43)11-16)10-19(23-18(2-1-7-37-23)15-3-4-20(36)38-12-15)39-21(42)13-41-25-22(24(40-41)26(30)31)27(32,33)5-6-28(25,34)35/h1-4,7-9,11-12,19,26H,5-6,10,13,43H2,(H2,36,38)(H,39,42). The van der Waals surface area contributed by atoms with Crippen molar-refractivity contribution in [2.45, 2.75) is 50.1 Å². The van der Waals surface area contributed by atoms with Crippen molar-refractivity contribution in [3.05, 3.63) is 88.9 Å². The Bertz CT molecular complexity index is 1640. The number of hydrogen-bond acceptors (Lipinski definition) is 5. The molecule has 1 amide bonds. The van der Waals surface area contributed by atoms with Crippen molar-refractivity contribution in [2.24, 2.45) is 0 Å². The molecule has 0 saturated heterocycles. The number of benzene rings is 1. The summed E-state index contributed by atoms with van der Waals surface area (Å²) in [5.41, 5.74) is 3.01. The third-order valence-corrected chi connectivity index (χ3v) is 7.30. The van der Waals surface area contributed by atoms with Crippen LogP contribution in [0.25, 0.3) is 11.1 Å². The SMILES string of the molecule is Nc1ccc(-c2cccnc2C(Cc2cc(F)cc(P)c2)NC(=O)Cn2nc(C(F)F)c3c2C(F)(F)CCC3(F)F)cn1. The molecule has 0 radical (unpaired) electrons. The number of halogens is 7. The average Bonchev–Trinajstić information content (AvgIpc) is 3.33. The van der Waals surface area contributed by atoms with Gasteiger partial charge in [-0.3, -0.25) is 14.5 Å². The van der Waals surface area contributed by atoms with Crippen molar-refractivity contribution in [3.8, 4) is 11.1 Å². The predicted molar refractivity (Wildman–Crippen MR) is 146 cm³/mol. The first-order chi connectivity index (χ1) is 20.2. The summed E-state index contributed by atoms with van der Waals surface area (Å²) in [4.78, 5) is 21.8. The minimum Gasteiger partial charge on any atom is -0.384 e. The highest BCUT2D eigenvalue weighted by molar-refractivity contribution is 7.27. The van der Waals surface area contributed by atoms with Gasteiger partial charge in [-0.15, -0.1) is 9.24 Å². The summed E-state index contributed by atoms with van der Waals surface area (Å²) in [5, 5.41) is 6.48. The van der Waals surface area contributed by atoms with Crippen LogP contribution in [0.4, 0.5) is 36.6 Å². The molecule has 3 heterocycles. The van der Waals surface area contributed by atoms with Crippen LogP contribution in [0.1, 0.15) is 53.5 Å². The van der Waals surface area contributed by atoms with Crippen molar-refractivity contribution < 1.29 is 35.5 Å². The van der Waals surface area contributed by atoms with Crippen molar-refractivity contribution in [1.29, 1.82) is 0 Å². The molecule has 1 aromatic carbocycles. The number of carbonyl (C=O) groups excluding carboxylic acids is 1. The third kappa shape index (κ3) is 6.34. The molecule has 2 atom stereocenters. The van der Waals surface area contributed by atoms with Gasteiger partial charge in [0.15, 0.2) is 0 Å². The lowest BCUT2D eigenvalue weighted by molar-refractivity contribution is -0.123. The summed E-state index contributed by atoms with van der Waals surface area (Å²) < 4.78 is 101. The van der Waals surface area contributed by atoms with Crippen LogP contribution in [0.15, 0.2) is 54.9 Å². The van der Waals surface area contributed by atoms with Crippen molar-refractivity contribution in [2.75, 3.05) is 5.73 Å². The van der Waals surface area contributed by atoms with Gasteiger partial charge in [0.05, 0.1) is 17.3 Å². The lowest BCUT2D eigenvalue weighted by Gasteiger charge is -2.29. The van der Waals surface area contributed by atoms with Gasteiger partial charge < -0.3 is 11.1 Å². The normalized spacial score (nSPS) is 16.1. The van der Waals surface area contributed by atoms with Gasteiger partial charge in [0.25, 0.3) is 18.3 Å². The van der Waals surface area contributed by atoms with Crippen molar-refractivity contribution >= 4 is 26.3 Å². The monoisotopic (exact) mass is 624 g/mol. The minimum absolute atomic E-state index is 0.0367. The number of nitrogens with one attached hydrogen (secondary N) is 1. The Labute approximate surface area is 242 Å². The molecule has 2 unspecified atom stereocenters. The number of amides is 1. The van der Waals surface area contributed by atoms with E-state index in [0.29, 0.717) is 22.0 Å². The topological polar surface area (TPSA) is 98.7 Å². The number of aromatic nitrogens is 4.